The SMILES string of the molecule is CCc1nn(CC)c(CC(CO)CO)c1Cl. The summed E-state index contributed by atoms with van der Waals surface area (Å²) < 4.78 is 1.85. The normalized spacial score (nSPS) is 11.4. The summed E-state index contributed by atoms with van der Waals surface area (Å²) in [5, 5.41) is 23.2. The lowest BCUT2D eigenvalue weighted by atomic mass is 10.0. The van der Waals surface area contributed by atoms with Crippen LogP contribution in [0.2, 0.25) is 5.02 Å². The monoisotopic (exact) mass is 246 g/mol. The molecule has 0 atom stereocenters. The topological polar surface area (TPSA) is 58.3 Å². The van der Waals surface area contributed by atoms with Gasteiger partial charge in [0.05, 0.1) is 16.4 Å². The van der Waals surface area contributed by atoms with Gasteiger partial charge in [-0.3, -0.25) is 4.68 Å². The highest BCUT2D eigenvalue weighted by molar-refractivity contribution is 6.31. The summed E-state index contributed by atoms with van der Waals surface area (Å²) in [6.07, 6.45) is 1.36. The van der Waals surface area contributed by atoms with Crippen LogP contribution in [-0.2, 0) is 19.4 Å². The van der Waals surface area contributed by atoms with Gasteiger partial charge in [0.25, 0.3) is 0 Å². The van der Waals surface area contributed by atoms with Crippen molar-refractivity contribution in [3.8, 4) is 0 Å². The fraction of sp³-hybridized carbons (Fsp3) is 0.727. The molecule has 0 aliphatic heterocycles. The molecule has 0 radical (unpaired) electrons. The minimum absolute atomic E-state index is 0.0385. The predicted octanol–water partition coefficient (Wildman–Crippen LogP) is 1.26. The Morgan fingerprint density at radius 1 is 1.31 bits per heavy atom. The van der Waals surface area contributed by atoms with Crippen LogP contribution in [0.15, 0.2) is 0 Å². The summed E-state index contributed by atoms with van der Waals surface area (Å²) in [6, 6.07) is 0. The van der Waals surface area contributed by atoms with Crippen molar-refractivity contribution in [2.24, 2.45) is 5.92 Å². The molecular formula is C11H19ClN2O2. The minimum Gasteiger partial charge on any atom is -0.396 e. The van der Waals surface area contributed by atoms with E-state index in [1.807, 2.05) is 18.5 Å². The van der Waals surface area contributed by atoms with Gasteiger partial charge in [-0.2, -0.15) is 5.10 Å². The number of nitrogens with zero attached hydrogens (tertiary/aromatic N) is 2. The number of hydrogen-bond acceptors (Lipinski definition) is 3. The third-order valence-electron chi connectivity index (χ3n) is 2.69. The number of aliphatic hydroxyl groups is 2. The molecule has 1 aromatic rings. The molecule has 1 rings (SSSR count). The molecule has 0 amide bonds. The first kappa shape index (κ1) is 13.5. The highest BCUT2D eigenvalue weighted by Crippen LogP contribution is 2.24. The summed E-state index contributed by atoms with van der Waals surface area (Å²) in [6.45, 7) is 4.68. The molecule has 0 saturated heterocycles. The van der Waals surface area contributed by atoms with Crippen LogP contribution >= 0.6 is 11.6 Å². The van der Waals surface area contributed by atoms with E-state index in [1.165, 1.54) is 0 Å². The van der Waals surface area contributed by atoms with Crippen LogP contribution in [0.4, 0.5) is 0 Å². The van der Waals surface area contributed by atoms with Gasteiger partial charge in [-0.1, -0.05) is 18.5 Å². The van der Waals surface area contributed by atoms with Crippen molar-refractivity contribution >= 4 is 11.6 Å². The van der Waals surface area contributed by atoms with Gasteiger partial charge in [-0.25, -0.2) is 0 Å². The summed E-state index contributed by atoms with van der Waals surface area (Å²) in [5.41, 5.74) is 1.79. The maximum absolute atomic E-state index is 9.07. The Morgan fingerprint density at radius 2 is 1.94 bits per heavy atom. The van der Waals surface area contributed by atoms with Crippen molar-refractivity contribution in [1.29, 1.82) is 0 Å². The third-order valence-corrected chi connectivity index (χ3v) is 3.13. The fourth-order valence-electron chi connectivity index (χ4n) is 1.67. The van der Waals surface area contributed by atoms with Crippen LogP contribution in [0.3, 0.4) is 0 Å². The molecule has 1 heterocycles. The fourth-order valence-corrected chi connectivity index (χ4v) is 2.02. The maximum Gasteiger partial charge on any atom is 0.0850 e. The zero-order valence-corrected chi connectivity index (χ0v) is 10.5. The quantitative estimate of drug-likeness (QED) is 0.795. The zero-order valence-electron chi connectivity index (χ0n) is 9.78. The molecule has 2 N–H and O–H groups in total. The Hall–Kier alpha value is -0.580. The highest BCUT2D eigenvalue weighted by Gasteiger charge is 2.17. The summed E-state index contributed by atoms with van der Waals surface area (Å²) in [7, 11) is 0. The van der Waals surface area contributed by atoms with E-state index in [0.717, 1.165) is 24.4 Å². The zero-order chi connectivity index (χ0) is 12.1. The van der Waals surface area contributed by atoms with E-state index in [-0.39, 0.29) is 19.1 Å². The van der Waals surface area contributed by atoms with Gasteiger partial charge in [0.2, 0.25) is 0 Å². The maximum atomic E-state index is 9.07. The number of rotatable bonds is 6. The number of aromatic nitrogens is 2. The van der Waals surface area contributed by atoms with Crippen LogP contribution in [0.25, 0.3) is 0 Å². The second-order valence-corrected chi connectivity index (χ2v) is 4.19. The second-order valence-electron chi connectivity index (χ2n) is 3.81. The first-order valence-corrected chi connectivity index (χ1v) is 6.01. The molecule has 0 aliphatic carbocycles. The first-order valence-electron chi connectivity index (χ1n) is 5.63. The molecule has 0 spiro atoms. The molecule has 0 unspecified atom stereocenters. The lowest BCUT2D eigenvalue weighted by Crippen LogP contribution is -2.17. The first-order chi connectivity index (χ1) is 7.67. The van der Waals surface area contributed by atoms with Gasteiger partial charge in [0, 0.05) is 25.7 Å². The van der Waals surface area contributed by atoms with Crippen LogP contribution in [0.1, 0.15) is 25.2 Å². The van der Waals surface area contributed by atoms with Crippen molar-refractivity contribution in [3.05, 3.63) is 16.4 Å². The number of aliphatic hydroxyl groups excluding tert-OH is 2. The lowest BCUT2D eigenvalue weighted by Gasteiger charge is -2.12. The van der Waals surface area contributed by atoms with Crippen LogP contribution in [-0.4, -0.2) is 33.2 Å². The van der Waals surface area contributed by atoms with E-state index >= 15 is 0 Å². The van der Waals surface area contributed by atoms with Gasteiger partial charge in [-0.05, 0) is 19.8 Å². The molecule has 0 fully saturated rings. The van der Waals surface area contributed by atoms with E-state index in [4.69, 9.17) is 21.8 Å². The largest absolute Gasteiger partial charge is 0.396 e. The Balaban J connectivity index is 2.96. The van der Waals surface area contributed by atoms with E-state index < -0.39 is 0 Å². The average Bonchev–Trinajstić information content (AvgIpc) is 2.62. The minimum atomic E-state index is -0.163. The van der Waals surface area contributed by atoms with Gasteiger partial charge >= 0.3 is 0 Å². The van der Waals surface area contributed by atoms with Crippen molar-refractivity contribution in [3.63, 3.8) is 0 Å². The van der Waals surface area contributed by atoms with Gasteiger partial charge in [0.15, 0.2) is 0 Å². The Morgan fingerprint density at radius 3 is 2.38 bits per heavy atom. The molecule has 1 aromatic heterocycles. The van der Waals surface area contributed by atoms with Crippen LogP contribution < -0.4 is 0 Å². The highest BCUT2D eigenvalue weighted by atomic mass is 35.5. The third kappa shape index (κ3) is 2.75. The van der Waals surface area contributed by atoms with Gasteiger partial charge in [-0.15, -0.1) is 0 Å². The Kier molecular flexibility index (Phi) is 5.25. The standard InChI is InChI=1S/C11H19ClN2O2/c1-3-9-11(12)10(14(4-2)13-9)5-8(6-15)7-16/h8,15-16H,3-7H2,1-2H3. The van der Waals surface area contributed by atoms with E-state index in [0.29, 0.717) is 11.4 Å². The van der Waals surface area contributed by atoms with Crippen molar-refractivity contribution in [1.82, 2.24) is 9.78 Å². The summed E-state index contributed by atoms with van der Waals surface area (Å²) >= 11 is 6.22. The molecule has 5 heteroatoms. The lowest BCUT2D eigenvalue weighted by molar-refractivity contribution is 0.148. The molecule has 0 aliphatic rings. The van der Waals surface area contributed by atoms with E-state index in [9.17, 15) is 0 Å². The summed E-state index contributed by atoms with van der Waals surface area (Å²) in [5.74, 6) is -0.163. The van der Waals surface area contributed by atoms with E-state index in [2.05, 4.69) is 5.10 Å². The average molecular weight is 247 g/mol. The molecule has 4 nitrogen and oxygen atoms in total. The summed E-state index contributed by atoms with van der Waals surface area (Å²) in [4.78, 5) is 0. The molecule has 16 heavy (non-hydrogen) atoms. The van der Waals surface area contributed by atoms with Crippen molar-refractivity contribution in [2.45, 2.75) is 33.2 Å². The molecule has 92 valence electrons. The van der Waals surface area contributed by atoms with Crippen molar-refractivity contribution in [2.75, 3.05) is 13.2 Å². The number of halogens is 1. The molecule has 0 bridgehead atoms. The second kappa shape index (κ2) is 6.23. The predicted molar refractivity (Wildman–Crippen MR) is 63.7 cm³/mol. The Labute approximate surface area is 101 Å². The number of aryl methyl sites for hydroxylation is 2. The molecule has 0 aromatic carbocycles. The van der Waals surface area contributed by atoms with Gasteiger partial charge < -0.3 is 10.2 Å². The smallest absolute Gasteiger partial charge is 0.0850 e. The van der Waals surface area contributed by atoms with Gasteiger partial charge in [0.1, 0.15) is 0 Å². The van der Waals surface area contributed by atoms with Crippen LogP contribution in [0.5, 0.6) is 0 Å². The van der Waals surface area contributed by atoms with E-state index in [1.54, 1.807) is 0 Å². The Bertz CT molecular complexity index is 335. The number of hydrogen-bond donors (Lipinski definition) is 2. The molecular weight excluding hydrogens is 228 g/mol. The van der Waals surface area contributed by atoms with Crippen LogP contribution in [0, 0.1) is 5.92 Å². The van der Waals surface area contributed by atoms with Crippen molar-refractivity contribution < 1.29 is 10.2 Å². The molecule has 0 saturated carbocycles.